The lowest BCUT2D eigenvalue weighted by Gasteiger charge is -2.26. The second kappa shape index (κ2) is 8.41. The van der Waals surface area contributed by atoms with Gasteiger partial charge in [-0.05, 0) is 31.4 Å². The van der Waals surface area contributed by atoms with Crippen molar-refractivity contribution in [3.63, 3.8) is 0 Å². The SMILES string of the molecule is COc1nc(CNC(=O)c2ccccc2C(F)(F)F)nc(N2CCCCC2)n1. The van der Waals surface area contributed by atoms with Crippen molar-refractivity contribution in [3.8, 4) is 6.01 Å². The van der Waals surface area contributed by atoms with Gasteiger partial charge in [-0.15, -0.1) is 0 Å². The average Bonchev–Trinajstić information content (AvgIpc) is 2.71. The Labute approximate surface area is 160 Å². The molecule has 1 amide bonds. The van der Waals surface area contributed by atoms with Crippen LogP contribution in [0.25, 0.3) is 0 Å². The molecule has 0 aliphatic carbocycles. The quantitative estimate of drug-likeness (QED) is 0.839. The summed E-state index contributed by atoms with van der Waals surface area (Å²) in [5.41, 5.74) is -1.44. The van der Waals surface area contributed by atoms with Crippen molar-refractivity contribution >= 4 is 11.9 Å². The molecule has 1 saturated heterocycles. The summed E-state index contributed by atoms with van der Waals surface area (Å²) in [7, 11) is 1.41. The van der Waals surface area contributed by atoms with E-state index in [0.717, 1.165) is 44.5 Å². The number of hydrogen-bond acceptors (Lipinski definition) is 6. The van der Waals surface area contributed by atoms with Gasteiger partial charge < -0.3 is 15.0 Å². The molecular formula is C18H20F3N5O2. The molecule has 3 rings (SSSR count). The molecule has 0 atom stereocenters. The van der Waals surface area contributed by atoms with Crippen molar-refractivity contribution in [2.45, 2.75) is 32.0 Å². The minimum Gasteiger partial charge on any atom is -0.467 e. The van der Waals surface area contributed by atoms with Crippen molar-refractivity contribution in [1.82, 2.24) is 20.3 Å². The third-order valence-electron chi connectivity index (χ3n) is 4.36. The number of halogens is 3. The topological polar surface area (TPSA) is 80.2 Å². The van der Waals surface area contributed by atoms with Gasteiger partial charge in [-0.1, -0.05) is 12.1 Å². The summed E-state index contributed by atoms with van der Waals surface area (Å²) in [6.45, 7) is 1.46. The number of nitrogens with one attached hydrogen (secondary N) is 1. The van der Waals surface area contributed by atoms with Crippen molar-refractivity contribution in [2.24, 2.45) is 0 Å². The summed E-state index contributed by atoms with van der Waals surface area (Å²) in [6.07, 6.45) is -1.44. The highest BCUT2D eigenvalue weighted by Gasteiger charge is 2.34. The number of rotatable bonds is 5. The van der Waals surface area contributed by atoms with Crippen molar-refractivity contribution in [2.75, 3.05) is 25.1 Å². The van der Waals surface area contributed by atoms with E-state index in [-0.39, 0.29) is 18.4 Å². The third kappa shape index (κ3) is 4.68. The summed E-state index contributed by atoms with van der Waals surface area (Å²) in [5.74, 6) is -0.205. The molecule has 0 saturated carbocycles. The number of benzene rings is 1. The highest BCUT2D eigenvalue weighted by Crippen LogP contribution is 2.31. The molecule has 0 radical (unpaired) electrons. The molecule has 1 aromatic heterocycles. The van der Waals surface area contributed by atoms with Gasteiger partial charge in [0.15, 0.2) is 5.82 Å². The molecule has 150 valence electrons. The number of anilines is 1. The molecule has 10 heteroatoms. The largest absolute Gasteiger partial charge is 0.467 e. The van der Waals surface area contributed by atoms with Gasteiger partial charge in [0.05, 0.1) is 24.8 Å². The fraction of sp³-hybridized carbons (Fsp3) is 0.444. The fourth-order valence-electron chi connectivity index (χ4n) is 2.97. The molecule has 28 heavy (non-hydrogen) atoms. The Bertz CT molecular complexity index is 838. The number of amides is 1. The Hall–Kier alpha value is -2.91. The smallest absolute Gasteiger partial charge is 0.417 e. The Kier molecular flexibility index (Phi) is 5.96. The summed E-state index contributed by atoms with van der Waals surface area (Å²) in [4.78, 5) is 26.9. The highest BCUT2D eigenvalue weighted by molar-refractivity contribution is 5.95. The predicted octanol–water partition coefficient (Wildman–Crippen LogP) is 2.82. The molecule has 2 heterocycles. The zero-order valence-corrected chi connectivity index (χ0v) is 15.3. The van der Waals surface area contributed by atoms with Gasteiger partial charge >= 0.3 is 12.2 Å². The normalized spacial score (nSPS) is 14.6. The standard InChI is InChI=1S/C18H20F3N5O2/c1-28-17-24-14(23-16(25-17)26-9-5-2-6-10-26)11-22-15(27)12-7-3-4-8-13(12)18(19,20)21/h3-4,7-8H,2,5-6,9-11H2,1H3,(H,22,27). The Morgan fingerprint density at radius 1 is 1.14 bits per heavy atom. The van der Waals surface area contributed by atoms with Crippen LogP contribution >= 0.6 is 0 Å². The number of aromatic nitrogens is 3. The lowest BCUT2D eigenvalue weighted by molar-refractivity contribution is -0.137. The molecule has 1 fully saturated rings. The van der Waals surface area contributed by atoms with Gasteiger partial charge in [-0.25, -0.2) is 0 Å². The average molecular weight is 395 g/mol. The molecule has 7 nitrogen and oxygen atoms in total. The van der Waals surface area contributed by atoms with Crippen LogP contribution in [0.15, 0.2) is 24.3 Å². The van der Waals surface area contributed by atoms with Crippen LogP contribution in [0.5, 0.6) is 6.01 Å². The van der Waals surface area contributed by atoms with Crippen LogP contribution in [0.1, 0.15) is 41.0 Å². The van der Waals surface area contributed by atoms with Gasteiger partial charge in [0.25, 0.3) is 5.91 Å². The van der Waals surface area contributed by atoms with Crippen LogP contribution in [0.3, 0.4) is 0 Å². The summed E-state index contributed by atoms with van der Waals surface area (Å²) in [6, 6.07) is 4.71. The number of hydrogen-bond donors (Lipinski definition) is 1. The van der Waals surface area contributed by atoms with Gasteiger partial charge in [0, 0.05) is 13.1 Å². The van der Waals surface area contributed by atoms with Gasteiger partial charge in [-0.3, -0.25) is 4.79 Å². The van der Waals surface area contributed by atoms with Crippen molar-refractivity contribution < 1.29 is 22.7 Å². The Balaban J connectivity index is 1.76. The first-order valence-electron chi connectivity index (χ1n) is 8.87. The minimum absolute atomic E-state index is 0.0931. The Morgan fingerprint density at radius 3 is 2.54 bits per heavy atom. The first kappa shape index (κ1) is 19.8. The van der Waals surface area contributed by atoms with E-state index in [9.17, 15) is 18.0 Å². The van der Waals surface area contributed by atoms with E-state index < -0.39 is 23.2 Å². The number of carbonyl (C=O) groups is 1. The second-order valence-corrected chi connectivity index (χ2v) is 6.31. The summed E-state index contributed by atoms with van der Waals surface area (Å²) >= 11 is 0. The summed E-state index contributed by atoms with van der Waals surface area (Å²) < 4.78 is 44.4. The van der Waals surface area contributed by atoms with Crippen molar-refractivity contribution in [1.29, 1.82) is 0 Å². The Morgan fingerprint density at radius 2 is 1.86 bits per heavy atom. The maximum absolute atomic E-state index is 13.1. The van der Waals surface area contributed by atoms with E-state index in [0.29, 0.717) is 5.95 Å². The molecule has 0 spiro atoms. The van der Waals surface area contributed by atoms with E-state index in [1.807, 2.05) is 4.90 Å². The van der Waals surface area contributed by atoms with Crippen molar-refractivity contribution in [3.05, 3.63) is 41.2 Å². The molecule has 1 aromatic carbocycles. The highest BCUT2D eigenvalue weighted by atomic mass is 19.4. The number of alkyl halides is 3. The van der Waals surface area contributed by atoms with E-state index in [1.54, 1.807) is 0 Å². The maximum atomic E-state index is 13.1. The van der Waals surface area contributed by atoms with Crippen LogP contribution in [0.4, 0.5) is 19.1 Å². The van der Waals surface area contributed by atoms with Gasteiger partial charge in [-0.2, -0.15) is 28.1 Å². The van der Waals surface area contributed by atoms with Crippen LogP contribution in [-0.4, -0.2) is 41.1 Å². The molecule has 0 unspecified atom stereocenters. The third-order valence-corrected chi connectivity index (χ3v) is 4.36. The van der Waals surface area contributed by atoms with Crippen LogP contribution < -0.4 is 15.0 Å². The number of nitrogens with zero attached hydrogens (tertiary/aromatic N) is 4. The summed E-state index contributed by atoms with van der Waals surface area (Å²) in [5, 5.41) is 2.44. The first-order chi connectivity index (χ1) is 13.4. The monoisotopic (exact) mass is 395 g/mol. The van der Waals surface area contributed by atoms with Gasteiger partial charge in [0.2, 0.25) is 5.95 Å². The lowest BCUT2D eigenvalue weighted by atomic mass is 10.1. The minimum atomic E-state index is -4.62. The molecule has 1 aliphatic rings. The van der Waals surface area contributed by atoms with Gasteiger partial charge in [0.1, 0.15) is 0 Å². The second-order valence-electron chi connectivity index (χ2n) is 6.31. The van der Waals surface area contributed by atoms with Crippen LogP contribution in [-0.2, 0) is 12.7 Å². The zero-order chi connectivity index (χ0) is 20.1. The number of carbonyl (C=O) groups excluding carboxylic acids is 1. The molecule has 0 bridgehead atoms. The van der Waals surface area contributed by atoms with Crippen LogP contribution in [0.2, 0.25) is 0 Å². The zero-order valence-electron chi connectivity index (χ0n) is 15.3. The molecule has 1 aliphatic heterocycles. The van der Waals surface area contributed by atoms with Crippen LogP contribution in [0, 0.1) is 0 Å². The number of ether oxygens (including phenoxy) is 1. The first-order valence-corrected chi connectivity index (χ1v) is 8.87. The number of methoxy groups -OCH3 is 1. The molecule has 1 N–H and O–H groups in total. The van der Waals surface area contributed by atoms with E-state index >= 15 is 0 Å². The predicted molar refractivity (Wildman–Crippen MR) is 95.1 cm³/mol. The molecule has 2 aromatic rings. The number of piperidine rings is 1. The fourth-order valence-corrected chi connectivity index (χ4v) is 2.97. The molecular weight excluding hydrogens is 375 g/mol. The lowest BCUT2D eigenvalue weighted by Crippen LogP contribution is -2.32. The van der Waals surface area contributed by atoms with E-state index in [2.05, 4.69) is 20.3 Å². The van der Waals surface area contributed by atoms with E-state index in [1.165, 1.54) is 19.2 Å². The maximum Gasteiger partial charge on any atom is 0.417 e. The van der Waals surface area contributed by atoms with E-state index in [4.69, 9.17) is 4.74 Å².